The minimum atomic E-state index is -1.18. The van der Waals surface area contributed by atoms with Crippen molar-refractivity contribution in [2.75, 3.05) is 6.54 Å². The fourth-order valence-electron chi connectivity index (χ4n) is 3.95. The molecule has 0 radical (unpaired) electrons. The Morgan fingerprint density at radius 3 is 1.42 bits per heavy atom. The van der Waals surface area contributed by atoms with Crippen molar-refractivity contribution in [2.45, 2.75) is 50.5 Å². The lowest BCUT2D eigenvalue weighted by molar-refractivity contribution is -0.309. The third kappa shape index (κ3) is 6.48. The van der Waals surface area contributed by atoms with E-state index in [1.54, 1.807) is 0 Å². The molecule has 4 rings (SSSR count). The molecule has 0 aromatic heterocycles. The summed E-state index contributed by atoms with van der Waals surface area (Å²) in [5.41, 5.74) is 9.04. The van der Waals surface area contributed by atoms with Crippen LogP contribution in [0.25, 0.3) is 0 Å². The van der Waals surface area contributed by atoms with Crippen LogP contribution in [0.4, 0.5) is 0 Å². The Morgan fingerprint density at radius 2 is 1.00 bits per heavy atom. The standard InChI is InChI=1S/C27H31NO5/c28-16-23-24(30-17-20-10-4-1-5-11-20)25(31-18-21-12-6-2-7-13-21)26(27(29)33-23)32-19-22-14-8-3-9-15-22/h1-15,23-27,29H,16-19,28H2/t23-,24-,25+,26+,27+/m1/s1. The number of rotatable bonds is 10. The summed E-state index contributed by atoms with van der Waals surface area (Å²) in [6.45, 7) is 1.23. The normalized spacial score (nSPS) is 25.1. The average molecular weight is 450 g/mol. The maximum absolute atomic E-state index is 10.8. The van der Waals surface area contributed by atoms with E-state index in [2.05, 4.69) is 0 Å². The molecule has 1 saturated heterocycles. The van der Waals surface area contributed by atoms with Crippen LogP contribution in [0.2, 0.25) is 0 Å². The summed E-state index contributed by atoms with van der Waals surface area (Å²) in [5, 5.41) is 10.8. The highest BCUT2D eigenvalue weighted by Crippen LogP contribution is 2.29. The van der Waals surface area contributed by atoms with Gasteiger partial charge in [0.1, 0.15) is 24.4 Å². The van der Waals surface area contributed by atoms with E-state index in [9.17, 15) is 5.11 Å². The SMILES string of the molecule is NC[C@H]1O[C@H](O)[C@@H](OCc2ccccc2)[C@@H](OCc2ccccc2)[C@@H]1OCc1ccccc1. The van der Waals surface area contributed by atoms with E-state index >= 15 is 0 Å². The third-order valence-electron chi connectivity index (χ3n) is 5.70. The van der Waals surface area contributed by atoms with Crippen LogP contribution in [-0.2, 0) is 38.8 Å². The van der Waals surface area contributed by atoms with Crippen molar-refractivity contribution in [3.63, 3.8) is 0 Å². The van der Waals surface area contributed by atoms with E-state index in [1.165, 1.54) is 0 Å². The Balaban J connectivity index is 1.53. The Labute approximate surface area is 194 Å². The molecule has 0 saturated carbocycles. The minimum absolute atomic E-state index is 0.188. The Bertz CT molecular complexity index is 941. The lowest BCUT2D eigenvalue weighted by Gasteiger charge is -2.44. The number of hydrogen-bond donors (Lipinski definition) is 2. The first-order valence-electron chi connectivity index (χ1n) is 11.2. The summed E-state index contributed by atoms with van der Waals surface area (Å²) < 4.78 is 24.6. The fourth-order valence-corrected chi connectivity index (χ4v) is 3.95. The Morgan fingerprint density at radius 1 is 0.606 bits per heavy atom. The first-order chi connectivity index (χ1) is 16.2. The second-order valence-electron chi connectivity index (χ2n) is 8.08. The van der Waals surface area contributed by atoms with Crippen LogP contribution in [0.1, 0.15) is 16.7 Å². The molecule has 0 amide bonds. The number of nitrogens with two attached hydrogens (primary N) is 1. The van der Waals surface area contributed by atoms with Crippen molar-refractivity contribution in [1.82, 2.24) is 0 Å². The maximum atomic E-state index is 10.8. The summed E-state index contributed by atoms with van der Waals surface area (Å²) in [7, 11) is 0. The first-order valence-corrected chi connectivity index (χ1v) is 11.2. The van der Waals surface area contributed by atoms with Crippen molar-refractivity contribution >= 4 is 0 Å². The average Bonchev–Trinajstić information content (AvgIpc) is 2.87. The van der Waals surface area contributed by atoms with Gasteiger partial charge in [-0.05, 0) is 16.7 Å². The quantitative estimate of drug-likeness (QED) is 0.494. The molecule has 5 atom stereocenters. The van der Waals surface area contributed by atoms with Crippen LogP contribution in [0, 0.1) is 0 Å². The van der Waals surface area contributed by atoms with Gasteiger partial charge >= 0.3 is 0 Å². The molecule has 1 aliphatic rings. The molecule has 0 unspecified atom stereocenters. The highest BCUT2D eigenvalue weighted by atomic mass is 16.7. The Kier molecular flexibility index (Phi) is 8.60. The maximum Gasteiger partial charge on any atom is 0.184 e. The molecule has 0 spiro atoms. The second kappa shape index (κ2) is 12.0. The van der Waals surface area contributed by atoms with E-state index in [4.69, 9.17) is 24.7 Å². The molecule has 1 fully saturated rings. The molecule has 3 aromatic carbocycles. The van der Waals surface area contributed by atoms with Crippen LogP contribution in [0.15, 0.2) is 91.0 Å². The van der Waals surface area contributed by atoms with Gasteiger partial charge in [0, 0.05) is 6.54 Å². The number of hydrogen-bond acceptors (Lipinski definition) is 6. The van der Waals surface area contributed by atoms with Gasteiger partial charge in [0.2, 0.25) is 0 Å². The molecule has 3 N–H and O–H groups in total. The van der Waals surface area contributed by atoms with Crippen molar-refractivity contribution < 1.29 is 24.1 Å². The zero-order valence-electron chi connectivity index (χ0n) is 18.5. The Hall–Kier alpha value is -2.58. The van der Waals surface area contributed by atoms with Gasteiger partial charge < -0.3 is 29.8 Å². The fraction of sp³-hybridized carbons (Fsp3) is 0.333. The summed E-state index contributed by atoms with van der Waals surface area (Å²) in [5.74, 6) is 0. The first kappa shape index (κ1) is 23.6. The van der Waals surface area contributed by atoms with Gasteiger partial charge in [-0.1, -0.05) is 91.0 Å². The van der Waals surface area contributed by atoms with Crippen molar-refractivity contribution in [3.8, 4) is 0 Å². The van der Waals surface area contributed by atoms with Crippen LogP contribution in [-0.4, -0.2) is 42.4 Å². The number of aliphatic hydroxyl groups excluding tert-OH is 1. The topological polar surface area (TPSA) is 83.2 Å². The van der Waals surface area contributed by atoms with Crippen molar-refractivity contribution in [3.05, 3.63) is 108 Å². The molecular weight excluding hydrogens is 418 g/mol. The van der Waals surface area contributed by atoms with Gasteiger partial charge in [0.05, 0.1) is 19.8 Å². The van der Waals surface area contributed by atoms with E-state index in [1.807, 2.05) is 91.0 Å². The minimum Gasteiger partial charge on any atom is -0.368 e. The summed E-state index contributed by atoms with van der Waals surface area (Å²) in [4.78, 5) is 0. The van der Waals surface area contributed by atoms with E-state index < -0.39 is 30.7 Å². The molecule has 0 bridgehead atoms. The highest BCUT2D eigenvalue weighted by Gasteiger charge is 2.47. The molecule has 1 heterocycles. The van der Waals surface area contributed by atoms with Crippen LogP contribution < -0.4 is 5.73 Å². The zero-order valence-corrected chi connectivity index (χ0v) is 18.5. The molecule has 3 aromatic rings. The van der Waals surface area contributed by atoms with Gasteiger partial charge in [-0.15, -0.1) is 0 Å². The van der Waals surface area contributed by atoms with Crippen LogP contribution in [0.5, 0.6) is 0 Å². The molecule has 6 heteroatoms. The molecule has 0 aliphatic carbocycles. The highest BCUT2D eigenvalue weighted by molar-refractivity contribution is 5.15. The van der Waals surface area contributed by atoms with Gasteiger partial charge in [-0.2, -0.15) is 0 Å². The number of ether oxygens (including phenoxy) is 4. The van der Waals surface area contributed by atoms with E-state index in [-0.39, 0.29) is 6.54 Å². The lowest BCUT2D eigenvalue weighted by Crippen LogP contribution is -2.61. The third-order valence-corrected chi connectivity index (χ3v) is 5.70. The van der Waals surface area contributed by atoms with Crippen LogP contribution >= 0.6 is 0 Å². The predicted octanol–water partition coefficient (Wildman–Crippen LogP) is 3.42. The summed E-state index contributed by atoms with van der Waals surface area (Å²) in [6, 6.07) is 29.6. The number of aliphatic hydroxyl groups is 1. The van der Waals surface area contributed by atoms with E-state index in [0.717, 1.165) is 16.7 Å². The van der Waals surface area contributed by atoms with Crippen LogP contribution in [0.3, 0.4) is 0 Å². The van der Waals surface area contributed by atoms with Gasteiger partial charge in [0.25, 0.3) is 0 Å². The molecule has 6 nitrogen and oxygen atoms in total. The zero-order chi connectivity index (χ0) is 22.9. The van der Waals surface area contributed by atoms with Gasteiger partial charge in [-0.25, -0.2) is 0 Å². The van der Waals surface area contributed by atoms with Gasteiger partial charge in [-0.3, -0.25) is 0 Å². The summed E-state index contributed by atoms with van der Waals surface area (Å²) >= 11 is 0. The van der Waals surface area contributed by atoms with E-state index in [0.29, 0.717) is 19.8 Å². The largest absolute Gasteiger partial charge is 0.368 e. The number of benzene rings is 3. The molecular formula is C27H31NO5. The molecule has 33 heavy (non-hydrogen) atoms. The van der Waals surface area contributed by atoms with Gasteiger partial charge in [0.15, 0.2) is 6.29 Å². The lowest BCUT2D eigenvalue weighted by atomic mass is 9.97. The van der Waals surface area contributed by atoms with Crippen molar-refractivity contribution in [1.29, 1.82) is 0 Å². The monoisotopic (exact) mass is 449 g/mol. The predicted molar refractivity (Wildman–Crippen MR) is 125 cm³/mol. The molecule has 174 valence electrons. The molecule has 1 aliphatic heterocycles. The second-order valence-corrected chi connectivity index (χ2v) is 8.08. The smallest absolute Gasteiger partial charge is 0.184 e. The van der Waals surface area contributed by atoms with Crippen molar-refractivity contribution in [2.24, 2.45) is 5.73 Å². The summed E-state index contributed by atoms with van der Waals surface area (Å²) in [6.07, 6.45) is -3.53.